The Hall–Kier alpha value is -2.60. The van der Waals surface area contributed by atoms with E-state index in [9.17, 15) is 4.79 Å². The highest BCUT2D eigenvalue weighted by atomic mass is 32.2. The quantitative estimate of drug-likeness (QED) is 0.695. The number of thioether (sulfide) groups is 1. The highest BCUT2D eigenvalue weighted by Gasteiger charge is 2.07. The van der Waals surface area contributed by atoms with Gasteiger partial charge in [0.05, 0.1) is 0 Å². The van der Waals surface area contributed by atoms with Crippen molar-refractivity contribution in [2.24, 2.45) is 0 Å². The Balaban J connectivity index is 1.71. The van der Waals surface area contributed by atoms with E-state index in [0.29, 0.717) is 16.9 Å². The standard InChI is InChI=1S/C19H20N4OS/c1-13(2)25-12-14-8-10-16(11-9-14)20-19-21-18(24)17(22-23-19)15-6-4-3-5-7-15/h3-11,13H,12H2,1-2H3,(H2,20,21,23,24). The van der Waals surface area contributed by atoms with Crippen LogP contribution < -0.4 is 10.9 Å². The Labute approximate surface area is 150 Å². The van der Waals surface area contributed by atoms with Crippen LogP contribution in [0.3, 0.4) is 0 Å². The van der Waals surface area contributed by atoms with Gasteiger partial charge in [-0.25, -0.2) is 0 Å². The van der Waals surface area contributed by atoms with E-state index in [-0.39, 0.29) is 5.56 Å². The van der Waals surface area contributed by atoms with E-state index in [0.717, 1.165) is 17.0 Å². The molecule has 0 aliphatic heterocycles. The Morgan fingerprint density at radius 3 is 2.40 bits per heavy atom. The fourth-order valence-electron chi connectivity index (χ4n) is 2.26. The fraction of sp³-hybridized carbons (Fsp3) is 0.211. The molecule has 0 aliphatic rings. The van der Waals surface area contributed by atoms with Crippen LogP contribution in [0.2, 0.25) is 0 Å². The van der Waals surface area contributed by atoms with Gasteiger partial charge in [0.25, 0.3) is 5.56 Å². The lowest BCUT2D eigenvalue weighted by molar-refractivity contribution is 0.962. The minimum atomic E-state index is -0.270. The zero-order valence-corrected chi connectivity index (χ0v) is 15.0. The second kappa shape index (κ2) is 7.98. The molecule has 0 radical (unpaired) electrons. The van der Waals surface area contributed by atoms with E-state index in [1.54, 1.807) is 0 Å². The third-order valence-corrected chi connectivity index (χ3v) is 4.71. The van der Waals surface area contributed by atoms with E-state index in [4.69, 9.17) is 0 Å². The van der Waals surface area contributed by atoms with Crippen LogP contribution in [0.25, 0.3) is 11.3 Å². The van der Waals surface area contributed by atoms with E-state index in [1.807, 2.05) is 54.2 Å². The minimum absolute atomic E-state index is 0.270. The summed E-state index contributed by atoms with van der Waals surface area (Å²) >= 11 is 1.91. The van der Waals surface area contributed by atoms with Gasteiger partial charge in [0.15, 0.2) is 5.69 Å². The molecule has 0 unspecified atom stereocenters. The number of H-pyrrole nitrogens is 1. The second-order valence-electron chi connectivity index (χ2n) is 5.90. The first-order valence-corrected chi connectivity index (χ1v) is 9.16. The maximum Gasteiger partial charge on any atom is 0.279 e. The zero-order chi connectivity index (χ0) is 17.6. The molecule has 0 spiro atoms. The molecule has 0 saturated carbocycles. The summed E-state index contributed by atoms with van der Waals surface area (Å²) in [6, 6.07) is 17.4. The molecule has 0 bridgehead atoms. The molecule has 6 heteroatoms. The van der Waals surface area contributed by atoms with Crippen LogP contribution in [0.15, 0.2) is 59.4 Å². The zero-order valence-electron chi connectivity index (χ0n) is 14.2. The van der Waals surface area contributed by atoms with Gasteiger partial charge < -0.3 is 5.32 Å². The molecule has 0 saturated heterocycles. The van der Waals surface area contributed by atoms with Crippen molar-refractivity contribution in [2.45, 2.75) is 24.9 Å². The maximum absolute atomic E-state index is 12.2. The third-order valence-electron chi connectivity index (χ3n) is 3.54. The molecule has 25 heavy (non-hydrogen) atoms. The van der Waals surface area contributed by atoms with Gasteiger partial charge in [-0.3, -0.25) is 9.78 Å². The number of hydrogen-bond acceptors (Lipinski definition) is 5. The average molecular weight is 352 g/mol. The summed E-state index contributed by atoms with van der Waals surface area (Å²) in [6.07, 6.45) is 0. The van der Waals surface area contributed by atoms with E-state index in [2.05, 4.69) is 46.5 Å². The van der Waals surface area contributed by atoms with Crippen molar-refractivity contribution in [1.29, 1.82) is 0 Å². The molecule has 3 rings (SSSR count). The van der Waals surface area contributed by atoms with Gasteiger partial charge in [0, 0.05) is 17.0 Å². The van der Waals surface area contributed by atoms with E-state index < -0.39 is 0 Å². The summed E-state index contributed by atoms with van der Waals surface area (Å²) in [5.74, 6) is 1.31. The molecular weight excluding hydrogens is 332 g/mol. The molecule has 1 heterocycles. The van der Waals surface area contributed by atoms with Gasteiger partial charge in [0.1, 0.15) is 0 Å². The number of benzene rings is 2. The Kier molecular flexibility index (Phi) is 5.50. The number of nitrogens with one attached hydrogen (secondary N) is 2. The van der Waals surface area contributed by atoms with E-state index >= 15 is 0 Å². The highest BCUT2D eigenvalue weighted by Crippen LogP contribution is 2.20. The summed E-state index contributed by atoms with van der Waals surface area (Å²) in [4.78, 5) is 15.0. The largest absolute Gasteiger partial charge is 0.324 e. The first-order chi connectivity index (χ1) is 12.1. The number of aromatic amines is 1. The predicted molar refractivity (Wildman–Crippen MR) is 104 cm³/mol. The summed E-state index contributed by atoms with van der Waals surface area (Å²) in [5, 5.41) is 11.8. The minimum Gasteiger partial charge on any atom is -0.324 e. The maximum atomic E-state index is 12.2. The van der Waals surface area contributed by atoms with Crippen molar-refractivity contribution in [3.8, 4) is 11.3 Å². The van der Waals surface area contributed by atoms with Crippen molar-refractivity contribution >= 4 is 23.4 Å². The van der Waals surface area contributed by atoms with Gasteiger partial charge in [-0.05, 0) is 22.9 Å². The van der Waals surface area contributed by atoms with Crippen LogP contribution in [0.5, 0.6) is 0 Å². The topological polar surface area (TPSA) is 70.7 Å². The molecule has 5 nitrogen and oxygen atoms in total. The molecule has 0 amide bonds. The molecular formula is C19H20N4OS. The number of anilines is 2. The SMILES string of the molecule is CC(C)SCc1ccc(Nc2nnc(-c3ccccc3)c(=O)[nH]2)cc1. The lowest BCUT2D eigenvalue weighted by Gasteiger charge is -2.08. The summed E-state index contributed by atoms with van der Waals surface area (Å²) < 4.78 is 0. The second-order valence-corrected chi connectivity index (χ2v) is 7.46. The van der Waals surface area contributed by atoms with Gasteiger partial charge in [0.2, 0.25) is 5.95 Å². The lowest BCUT2D eigenvalue weighted by Crippen LogP contribution is -2.15. The van der Waals surface area contributed by atoms with Gasteiger partial charge in [-0.1, -0.05) is 56.3 Å². The van der Waals surface area contributed by atoms with Crippen molar-refractivity contribution in [1.82, 2.24) is 15.2 Å². The lowest BCUT2D eigenvalue weighted by atomic mass is 10.2. The molecule has 2 N–H and O–H groups in total. The average Bonchev–Trinajstić information content (AvgIpc) is 2.62. The Morgan fingerprint density at radius 2 is 1.76 bits per heavy atom. The first kappa shape index (κ1) is 17.2. The van der Waals surface area contributed by atoms with Crippen LogP contribution in [0.4, 0.5) is 11.6 Å². The third kappa shape index (κ3) is 4.70. The monoisotopic (exact) mass is 352 g/mol. The van der Waals surface area contributed by atoms with Crippen molar-refractivity contribution < 1.29 is 0 Å². The Bertz CT molecular complexity index is 876. The molecule has 0 atom stereocenters. The fourth-order valence-corrected chi connectivity index (χ4v) is 2.98. The molecule has 0 fully saturated rings. The molecule has 128 valence electrons. The number of nitrogens with zero attached hydrogens (tertiary/aromatic N) is 2. The van der Waals surface area contributed by atoms with Crippen molar-refractivity contribution in [2.75, 3.05) is 5.32 Å². The smallest absolute Gasteiger partial charge is 0.279 e. The normalized spacial score (nSPS) is 10.8. The summed E-state index contributed by atoms with van der Waals surface area (Å²) in [7, 11) is 0. The predicted octanol–water partition coefficient (Wildman–Crippen LogP) is 4.22. The number of rotatable bonds is 6. The molecule has 1 aromatic heterocycles. The van der Waals surface area contributed by atoms with Gasteiger partial charge in [-0.2, -0.15) is 11.8 Å². The number of hydrogen-bond donors (Lipinski definition) is 2. The molecule has 3 aromatic rings. The van der Waals surface area contributed by atoms with Crippen LogP contribution in [-0.2, 0) is 5.75 Å². The van der Waals surface area contributed by atoms with Gasteiger partial charge >= 0.3 is 0 Å². The van der Waals surface area contributed by atoms with Crippen LogP contribution >= 0.6 is 11.8 Å². The Morgan fingerprint density at radius 1 is 1.04 bits per heavy atom. The summed E-state index contributed by atoms with van der Waals surface area (Å²) in [5.41, 5.74) is 2.91. The van der Waals surface area contributed by atoms with Crippen molar-refractivity contribution in [3.05, 3.63) is 70.5 Å². The first-order valence-electron chi connectivity index (χ1n) is 8.12. The number of aromatic nitrogens is 3. The van der Waals surface area contributed by atoms with Crippen LogP contribution in [-0.4, -0.2) is 20.4 Å². The van der Waals surface area contributed by atoms with Crippen molar-refractivity contribution in [3.63, 3.8) is 0 Å². The van der Waals surface area contributed by atoms with Gasteiger partial charge in [-0.15, -0.1) is 10.2 Å². The highest BCUT2D eigenvalue weighted by molar-refractivity contribution is 7.99. The van der Waals surface area contributed by atoms with E-state index in [1.165, 1.54) is 5.56 Å². The van der Waals surface area contributed by atoms with Crippen LogP contribution in [0.1, 0.15) is 19.4 Å². The molecule has 0 aliphatic carbocycles. The van der Waals surface area contributed by atoms with Crippen LogP contribution in [0, 0.1) is 0 Å². The molecule has 2 aromatic carbocycles. The summed E-state index contributed by atoms with van der Waals surface area (Å²) in [6.45, 7) is 4.38.